The molecule has 26 heavy (non-hydrogen) atoms. The first-order valence-corrected chi connectivity index (χ1v) is 9.27. The van der Waals surface area contributed by atoms with E-state index in [4.69, 9.17) is 16.3 Å². The third kappa shape index (κ3) is 3.86. The number of aryl methyl sites for hydroxylation is 1. The highest BCUT2D eigenvalue weighted by Crippen LogP contribution is 2.35. The molecule has 0 aromatic heterocycles. The fraction of sp³-hybridized carbons (Fsp3) is 0.263. The number of carbonyl (C=O) groups excluding carboxylic acids is 2. The molecule has 3 rings (SSSR count). The zero-order valence-electron chi connectivity index (χ0n) is 14.4. The van der Waals surface area contributed by atoms with Crippen LogP contribution in [0.1, 0.15) is 12.0 Å². The second-order valence-electron chi connectivity index (χ2n) is 6.17. The summed E-state index contributed by atoms with van der Waals surface area (Å²) in [7, 11) is 1.54. The SMILES string of the molecule is COc1ccc(Cl)cc1N1C[C@@H](C(=O)Nc2ccc(Br)c(C)c2)CC1=O. The number of nitrogens with zero attached hydrogens (tertiary/aromatic N) is 1. The van der Waals surface area contributed by atoms with Gasteiger partial charge in [-0.3, -0.25) is 9.59 Å². The number of nitrogens with one attached hydrogen (secondary N) is 1. The lowest BCUT2D eigenvalue weighted by Gasteiger charge is -2.20. The Morgan fingerprint density at radius 2 is 2.08 bits per heavy atom. The van der Waals surface area contributed by atoms with Gasteiger partial charge in [-0.1, -0.05) is 27.5 Å². The highest BCUT2D eigenvalue weighted by Gasteiger charge is 2.36. The van der Waals surface area contributed by atoms with Crippen molar-refractivity contribution in [2.45, 2.75) is 13.3 Å². The third-order valence-electron chi connectivity index (χ3n) is 4.35. The second kappa shape index (κ2) is 7.68. The van der Waals surface area contributed by atoms with Crippen molar-refractivity contribution in [2.75, 3.05) is 23.9 Å². The average molecular weight is 438 g/mol. The third-order valence-corrected chi connectivity index (χ3v) is 5.48. The maximum Gasteiger partial charge on any atom is 0.229 e. The van der Waals surface area contributed by atoms with Crippen LogP contribution in [0.25, 0.3) is 0 Å². The van der Waals surface area contributed by atoms with E-state index in [2.05, 4.69) is 21.2 Å². The Labute approximate surface area is 165 Å². The van der Waals surface area contributed by atoms with Crippen LogP contribution in [-0.4, -0.2) is 25.5 Å². The van der Waals surface area contributed by atoms with Crippen LogP contribution in [0.3, 0.4) is 0 Å². The Hall–Kier alpha value is -2.05. The van der Waals surface area contributed by atoms with Crippen molar-refractivity contribution in [3.05, 3.63) is 51.5 Å². The van der Waals surface area contributed by atoms with Crippen LogP contribution in [0, 0.1) is 12.8 Å². The summed E-state index contributed by atoms with van der Waals surface area (Å²) < 4.78 is 6.30. The number of carbonyl (C=O) groups is 2. The van der Waals surface area contributed by atoms with E-state index in [0.29, 0.717) is 22.1 Å². The molecule has 1 aliphatic rings. The van der Waals surface area contributed by atoms with Crippen LogP contribution >= 0.6 is 27.5 Å². The Bertz CT molecular complexity index is 872. The maximum absolute atomic E-state index is 12.6. The fourth-order valence-corrected chi connectivity index (χ4v) is 3.37. The van der Waals surface area contributed by atoms with Crippen molar-refractivity contribution >= 4 is 50.7 Å². The molecular weight excluding hydrogens is 420 g/mol. The van der Waals surface area contributed by atoms with E-state index < -0.39 is 5.92 Å². The predicted molar refractivity (Wildman–Crippen MR) is 106 cm³/mol. The summed E-state index contributed by atoms with van der Waals surface area (Å²) in [5, 5.41) is 3.39. The summed E-state index contributed by atoms with van der Waals surface area (Å²) in [4.78, 5) is 26.6. The van der Waals surface area contributed by atoms with Crippen LogP contribution in [0.2, 0.25) is 5.02 Å². The number of halogens is 2. The van der Waals surface area contributed by atoms with Gasteiger partial charge in [-0.25, -0.2) is 0 Å². The maximum atomic E-state index is 12.6. The summed E-state index contributed by atoms with van der Waals surface area (Å²) >= 11 is 9.49. The van der Waals surface area contributed by atoms with Gasteiger partial charge in [-0.05, 0) is 48.9 Å². The topological polar surface area (TPSA) is 58.6 Å². The molecule has 136 valence electrons. The lowest BCUT2D eigenvalue weighted by molar-refractivity contribution is -0.122. The highest BCUT2D eigenvalue weighted by atomic mass is 79.9. The van der Waals surface area contributed by atoms with E-state index in [-0.39, 0.29) is 24.8 Å². The minimum atomic E-state index is -0.435. The molecule has 2 amide bonds. The summed E-state index contributed by atoms with van der Waals surface area (Å²) in [5.74, 6) is -0.191. The predicted octanol–water partition coefficient (Wildman–Crippen LogP) is 4.41. The molecule has 1 N–H and O–H groups in total. The summed E-state index contributed by atoms with van der Waals surface area (Å²) in [6.45, 7) is 2.24. The molecule has 0 radical (unpaired) electrons. The molecule has 0 spiro atoms. The minimum absolute atomic E-state index is 0.127. The van der Waals surface area contributed by atoms with Crippen molar-refractivity contribution in [1.82, 2.24) is 0 Å². The molecule has 1 heterocycles. The number of benzene rings is 2. The molecule has 0 bridgehead atoms. The quantitative estimate of drug-likeness (QED) is 0.771. The Balaban J connectivity index is 1.76. The molecule has 0 unspecified atom stereocenters. The van der Waals surface area contributed by atoms with Crippen molar-refractivity contribution in [1.29, 1.82) is 0 Å². The molecule has 1 atom stereocenters. The number of hydrogen-bond donors (Lipinski definition) is 1. The molecule has 1 saturated heterocycles. The highest BCUT2D eigenvalue weighted by molar-refractivity contribution is 9.10. The van der Waals surface area contributed by atoms with E-state index in [1.807, 2.05) is 25.1 Å². The molecule has 2 aromatic rings. The Kier molecular flexibility index (Phi) is 5.53. The van der Waals surface area contributed by atoms with E-state index in [1.165, 1.54) is 7.11 Å². The van der Waals surface area contributed by atoms with Gasteiger partial charge in [0, 0.05) is 28.1 Å². The number of anilines is 2. The number of methoxy groups -OCH3 is 1. The second-order valence-corrected chi connectivity index (χ2v) is 7.47. The monoisotopic (exact) mass is 436 g/mol. The van der Waals surface area contributed by atoms with Gasteiger partial charge in [0.15, 0.2) is 0 Å². The van der Waals surface area contributed by atoms with E-state index in [1.54, 1.807) is 23.1 Å². The molecule has 5 nitrogen and oxygen atoms in total. The van der Waals surface area contributed by atoms with Crippen LogP contribution in [-0.2, 0) is 9.59 Å². The van der Waals surface area contributed by atoms with Gasteiger partial charge in [0.1, 0.15) is 5.75 Å². The average Bonchev–Trinajstić information content (AvgIpc) is 3.00. The van der Waals surface area contributed by atoms with Crippen molar-refractivity contribution < 1.29 is 14.3 Å². The zero-order valence-corrected chi connectivity index (χ0v) is 16.7. The summed E-state index contributed by atoms with van der Waals surface area (Å²) in [6.07, 6.45) is 0.150. The minimum Gasteiger partial charge on any atom is -0.495 e. The zero-order chi connectivity index (χ0) is 18.8. The van der Waals surface area contributed by atoms with E-state index >= 15 is 0 Å². The fourth-order valence-electron chi connectivity index (χ4n) is 2.96. The molecule has 0 aliphatic carbocycles. The van der Waals surface area contributed by atoms with E-state index in [0.717, 1.165) is 10.0 Å². The molecule has 1 aliphatic heterocycles. The van der Waals surface area contributed by atoms with Crippen molar-refractivity contribution in [2.24, 2.45) is 5.92 Å². The lowest BCUT2D eigenvalue weighted by atomic mass is 10.1. The first kappa shape index (κ1) is 18.7. The van der Waals surface area contributed by atoms with Gasteiger partial charge >= 0.3 is 0 Å². The Morgan fingerprint density at radius 3 is 2.77 bits per heavy atom. The number of amides is 2. The molecule has 1 fully saturated rings. The summed E-state index contributed by atoms with van der Waals surface area (Å²) in [6, 6.07) is 10.7. The first-order valence-electron chi connectivity index (χ1n) is 8.10. The lowest BCUT2D eigenvalue weighted by Crippen LogP contribution is -2.28. The first-order chi connectivity index (χ1) is 12.4. The largest absolute Gasteiger partial charge is 0.495 e. The van der Waals surface area contributed by atoms with Gasteiger partial charge < -0.3 is 15.0 Å². The van der Waals surface area contributed by atoms with Gasteiger partial charge in [-0.15, -0.1) is 0 Å². The molecular formula is C19H18BrClN2O3. The molecule has 0 saturated carbocycles. The normalized spacial score (nSPS) is 16.7. The van der Waals surface area contributed by atoms with E-state index in [9.17, 15) is 9.59 Å². The van der Waals surface area contributed by atoms with Crippen LogP contribution in [0.4, 0.5) is 11.4 Å². The standard InChI is InChI=1S/C19H18BrClN2O3/c1-11-7-14(4-5-15(11)20)22-19(25)12-8-18(24)23(10-12)16-9-13(21)3-6-17(16)26-2/h3-7,9,12H,8,10H2,1-2H3,(H,22,25)/t12-/m0/s1. The van der Waals surface area contributed by atoms with Crippen LogP contribution in [0.15, 0.2) is 40.9 Å². The number of rotatable bonds is 4. The molecule has 2 aromatic carbocycles. The smallest absolute Gasteiger partial charge is 0.229 e. The molecule has 7 heteroatoms. The van der Waals surface area contributed by atoms with Gasteiger partial charge in [0.2, 0.25) is 11.8 Å². The Morgan fingerprint density at radius 1 is 1.31 bits per heavy atom. The van der Waals surface area contributed by atoms with Crippen LogP contribution < -0.4 is 15.0 Å². The van der Waals surface area contributed by atoms with Crippen LogP contribution in [0.5, 0.6) is 5.75 Å². The number of ether oxygens (including phenoxy) is 1. The number of hydrogen-bond acceptors (Lipinski definition) is 3. The van der Waals surface area contributed by atoms with Gasteiger partial charge in [0.05, 0.1) is 18.7 Å². The van der Waals surface area contributed by atoms with Gasteiger partial charge in [-0.2, -0.15) is 0 Å². The summed E-state index contributed by atoms with van der Waals surface area (Å²) in [5.41, 5.74) is 2.32. The van der Waals surface area contributed by atoms with Crippen molar-refractivity contribution in [3.8, 4) is 5.75 Å². The van der Waals surface area contributed by atoms with Crippen molar-refractivity contribution in [3.63, 3.8) is 0 Å². The van der Waals surface area contributed by atoms with Gasteiger partial charge in [0.25, 0.3) is 0 Å².